The van der Waals surface area contributed by atoms with Crippen molar-refractivity contribution in [3.05, 3.63) is 12.2 Å². The summed E-state index contributed by atoms with van der Waals surface area (Å²) in [5, 5.41) is 0. The summed E-state index contributed by atoms with van der Waals surface area (Å²) in [6.07, 6.45) is 3.80. The average molecular weight is 191 g/mol. The van der Waals surface area contributed by atoms with E-state index in [1.54, 1.807) is 0 Å². The summed E-state index contributed by atoms with van der Waals surface area (Å²) < 4.78 is 0. The van der Waals surface area contributed by atoms with Crippen molar-refractivity contribution in [2.24, 2.45) is 0 Å². The van der Waals surface area contributed by atoms with Gasteiger partial charge in [-0.1, -0.05) is 47.8 Å². The molecular formula is C8H15Br. The Morgan fingerprint density at radius 1 is 1.67 bits per heavy atom. The number of allylic oxidation sites excluding steroid dienone is 1. The summed E-state index contributed by atoms with van der Waals surface area (Å²) in [4.78, 5) is 0.539. The predicted octanol–water partition coefficient (Wildman–Crippen LogP) is 3.52. The quantitative estimate of drug-likeness (QED) is 0.471. The van der Waals surface area contributed by atoms with Crippen LogP contribution in [0.5, 0.6) is 0 Å². The van der Waals surface area contributed by atoms with Crippen LogP contribution in [0.4, 0.5) is 0 Å². The van der Waals surface area contributed by atoms with E-state index in [0.29, 0.717) is 4.83 Å². The molecule has 0 nitrogen and oxygen atoms in total. The van der Waals surface area contributed by atoms with Crippen LogP contribution in [0.3, 0.4) is 0 Å². The van der Waals surface area contributed by atoms with Crippen molar-refractivity contribution < 1.29 is 0 Å². The molecule has 0 aromatic heterocycles. The maximum Gasteiger partial charge on any atom is 0.0349 e. The lowest BCUT2D eigenvalue weighted by molar-refractivity contribution is 0.730. The third-order valence-corrected chi connectivity index (χ3v) is 2.59. The summed E-state index contributed by atoms with van der Waals surface area (Å²) in [7, 11) is 0. The van der Waals surface area contributed by atoms with Crippen molar-refractivity contribution in [1.82, 2.24) is 0 Å². The van der Waals surface area contributed by atoms with E-state index < -0.39 is 0 Å². The summed E-state index contributed by atoms with van der Waals surface area (Å²) in [5.74, 6) is 0. The minimum Gasteiger partial charge on any atom is -0.0990 e. The summed E-state index contributed by atoms with van der Waals surface area (Å²) in [6.45, 7) is 8.13. The average Bonchev–Trinajstić information content (AvgIpc) is 1.82. The Kier molecular flexibility index (Phi) is 5.16. The van der Waals surface area contributed by atoms with E-state index in [1.807, 2.05) is 0 Å². The third kappa shape index (κ3) is 4.71. The monoisotopic (exact) mass is 190 g/mol. The predicted molar refractivity (Wildman–Crippen MR) is 47.1 cm³/mol. The zero-order valence-corrected chi connectivity index (χ0v) is 7.87. The van der Waals surface area contributed by atoms with Gasteiger partial charge in [0.1, 0.15) is 0 Å². The molecule has 0 spiro atoms. The largest absolute Gasteiger partial charge is 0.0990 e. The molecule has 0 amide bonds. The highest BCUT2D eigenvalue weighted by Gasteiger charge is 2.01. The van der Waals surface area contributed by atoms with Crippen LogP contribution >= 0.6 is 15.9 Å². The van der Waals surface area contributed by atoms with Gasteiger partial charge in [-0.2, -0.15) is 0 Å². The highest BCUT2D eigenvalue weighted by molar-refractivity contribution is 9.09. The first-order chi connectivity index (χ1) is 4.18. The summed E-state index contributed by atoms with van der Waals surface area (Å²) in [5.41, 5.74) is 1.24. The van der Waals surface area contributed by atoms with Crippen LogP contribution in [0.15, 0.2) is 12.2 Å². The minimum absolute atomic E-state index is 0.539. The lowest BCUT2D eigenvalue weighted by Crippen LogP contribution is -1.96. The second-order valence-corrected chi connectivity index (χ2v) is 3.56. The smallest absolute Gasteiger partial charge is 0.0349 e. The van der Waals surface area contributed by atoms with E-state index in [-0.39, 0.29) is 0 Å². The molecular weight excluding hydrogens is 176 g/mol. The van der Waals surface area contributed by atoms with Crippen LogP contribution in [0.1, 0.15) is 33.1 Å². The minimum atomic E-state index is 0.539. The van der Waals surface area contributed by atoms with Crippen LogP contribution in [-0.2, 0) is 0 Å². The molecule has 0 aromatic carbocycles. The van der Waals surface area contributed by atoms with Gasteiger partial charge in [0.15, 0.2) is 0 Å². The van der Waals surface area contributed by atoms with E-state index in [2.05, 4.69) is 36.4 Å². The molecule has 0 saturated carbocycles. The third-order valence-electron chi connectivity index (χ3n) is 1.35. The van der Waals surface area contributed by atoms with Crippen molar-refractivity contribution in [2.45, 2.75) is 37.9 Å². The van der Waals surface area contributed by atoms with E-state index >= 15 is 0 Å². The van der Waals surface area contributed by atoms with Crippen molar-refractivity contribution in [1.29, 1.82) is 0 Å². The molecule has 0 N–H and O–H groups in total. The Morgan fingerprint density at radius 2 is 2.22 bits per heavy atom. The molecule has 1 atom stereocenters. The Morgan fingerprint density at radius 3 is 2.56 bits per heavy atom. The molecule has 0 fully saturated rings. The zero-order valence-electron chi connectivity index (χ0n) is 6.28. The van der Waals surface area contributed by atoms with Gasteiger partial charge in [-0.05, 0) is 13.3 Å². The van der Waals surface area contributed by atoms with Crippen LogP contribution in [-0.4, -0.2) is 4.83 Å². The summed E-state index contributed by atoms with van der Waals surface area (Å²) in [6, 6.07) is 0. The van der Waals surface area contributed by atoms with Gasteiger partial charge in [-0.3, -0.25) is 0 Å². The second kappa shape index (κ2) is 5.04. The van der Waals surface area contributed by atoms with Crippen LogP contribution < -0.4 is 0 Å². The summed E-state index contributed by atoms with van der Waals surface area (Å²) >= 11 is 3.54. The number of alkyl halides is 1. The lowest BCUT2D eigenvalue weighted by Gasteiger charge is -2.06. The lowest BCUT2D eigenvalue weighted by atomic mass is 10.1. The topological polar surface area (TPSA) is 0 Å². The Hall–Kier alpha value is 0.220. The van der Waals surface area contributed by atoms with Crippen molar-refractivity contribution in [2.75, 3.05) is 0 Å². The van der Waals surface area contributed by atoms with Gasteiger partial charge in [-0.15, -0.1) is 0 Å². The first kappa shape index (κ1) is 9.22. The van der Waals surface area contributed by atoms with E-state index in [0.717, 1.165) is 0 Å². The maximum absolute atomic E-state index is 3.86. The van der Waals surface area contributed by atoms with E-state index in [1.165, 1.54) is 24.8 Å². The normalized spacial score (nSPS) is 13.2. The van der Waals surface area contributed by atoms with Gasteiger partial charge in [0.25, 0.3) is 0 Å². The van der Waals surface area contributed by atoms with Gasteiger partial charge < -0.3 is 0 Å². The first-order valence-electron chi connectivity index (χ1n) is 3.48. The van der Waals surface area contributed by atoms with Gasteiger partial charge in [0.2, 0.25) is 0 Å². The highest BCUT2D eigenvalue weighted by atomic mass is 79.9. The fourth-order valence-corrected chi connectivity index (χ4v) is 0.953. The molecule has 0 aliphatic heterocycles. The number of unbranched alkanes of at least 4 members (excludes halogenated alkanes) is 1. The highest BCUT2D eigenvalue weighted by Crippen LogP contribution is 2.16. The molecule has 0 heterocycles. The second-order valence-electron chi connectivity index (χ2n) is 2.46. The van der Waals surface area contributed by atoms with Crippen molar-refractivity contribution in [3.8, 4) is 0 Å². The Labute approximate surface area is 66.5 Å². The zero-order chi connectivity index (χ0) is 7.28. The Balaban J connectivity index is 3.27. The number of halogens is 1. The van der Waals surface area contributed by atoms with E-state index in [4.69, 9.17) is 0 Å². The van der Waals surface area contributed by atoms with Crippen molar-refractivity contribution >= 4 is 15.9 Å². The molecule has 54 valence electrons. The van der Waals surface area contributed by atoms with Gasteiger partial charge in [0, 0.05) is 4.83 Å². The van der Waals surface area contributed by atoms with Crippen LogP contribution in [0.2, 0.25) is 0 Å². The molecule has 0 radical (unpaired) electrons. The number of hydrogen-bond acceptors (Lipinski definition) is 0. The Bertz CT molecular complexity index is 86.6. The van der Waals surface area contributed by atoms with Crippen LogP contribution in [0, 0.1) is 0 Å². The molecule has 0 saturated heterocycles. The molecule has 0 aromatic rings. The maximum atomic E-state index is 3.86. The molecule has 0 bridgehead atoms. The van der Waals surface area contributed by atoms with Gasteiger partial charge in [-0.25, -0.2) is 0 Å². The molecule has 1 heteroatoms. The van der Waals surface area contributed by atoms with Crippen molar-refractivity contribution in [3.63, 3.8) is 0 Å². The van der Waals surface area contributed by atoms with E-state index in [9.17, 15) is 0 Å². The fraction of sp³-hybridized carbons (Fsp3) is 0.750. The molecule has 0 aliphatic rings. The SMILES string of the molecule is C=C(C)C(Br)CCCC. The molecule has 0 rings (SSSR count). The van der Waals surface area contributed by atoms with Gasteiger partial charge in [0.05, 0.1) is 0 Å². The number of rotatable bonds is 4. The molecule has 0 aliphatic carbocycles. The first-order valence-corrected chi connectivity index (χ1v) is 4.39. The molecule has 1 unspecified atom stereocenters. The fourth-order valence-electron chi connectivity index (χ4n) is 0.630. The molecule has 9 heavy (non-hydrogen) atoms. The standard InChI is InChI=1S/C8H15Br/c1-4-5-6-8(9)7(2)3/h8H,2,4-6H2,1,3H3. The van der Waals surface area contributed by atoms with Gasteiger partial charge >= 0.3 is 0 Å². The number of hydrogen-bond donors (Lipinski definition) is 0. The van der Waals surface area contributed by atoms with Crippen LogP contribution in [0.25, 0.3) is 0 Å².